The third-order valence-corrected chi connectivity index (χ3v) is 13.7. The van der Waals surface area contributed by atoms with Gasteiger partial charge in [0.1, 0.15) is 23.0 Å². The second-order valence-corrected chi connectivity index (χ2v) is 16.9. The van der Waals surface area contributed by atoms with Crippen molar-refractivity contribution >= 4 is 39.4 Å². The van der Waals surface area contributed by atoms with E-state index in [0.717, 1.165) is 87.1 Å². The van der Waals surface area contributed by atoms with Crippen molar-refractivity contribution in [1.82, 2.24) is 19.8 Å². The van der Waals surface area contributed by atoms with Crippen molar-refractivity contribution in [2.24, 2.45) is 10.9 Å². The predicted octanol–water partition coefficient (Wildman–Crippen LogP) is 8.71. The summed E-state index contributed by atoms with van der Waals surface area (Å²) in [6.07, 6.45) is 13.3. The summed E-state index contributed by atoms with van der Waals surface area (Å²) < 4.78 is 47.1. The summed E-state index contributed by atoms with van der Waals surface area (Å²) >= 11 is 0. The quantitative estimate of drug-likeness (QED) is 0.137. The molecule has 9 rings (SSSR count). The Morgan fingerprint density at radius 1 is 1.04 bits per heavy atom. The summed E-state index contributed by atoms with van der Waals surface area (Å²) in [5, 5.41) is 2.09. The van der Waals surface area contributed by atoms with Gasteiger partial charge in [0.15, 0.2) is 5.82 Å². The number of aryl methyl sites for hydroxylation is 3. The van der Waals surface area contributed by atoms with Crippen molar-refractivity contribution in [2.75, 3.05) is 50.4 Å². The van der Waals surface area contributed by atoms with E-state index in [4.69, 9.17) is 15.7 Å². The minimum atomic E-state index is -0.519. The van der Waals surface area contributed by atoms with Gasteiger partial charge < -0.3 is 10.6 Å². The van der Waals surface area contributed by atoms with Crippen molar-refractivity contribution in [3.63, 3.8) is 0 Å². The van der Waals surface area contributed by atoms with Gasteiger partial charge in [-0.25, -0.2) is 23.1 Å². The zero-order chi connectivity index (χ0) is 37.3. The molecule has 2 bridgehead atoms. The molecule has 2 N–H and O–H groups in total. The van der Waals surface area contributed by atoms with Crippen LogP contribution in [0, 0.1) is 24.5 Å². The van der Waals surface area contributed by atoms with Crippen LogP contribution in [0.1, 0.15) is 87.2 Å². The van der Waals surface area contributed by atoms with Gasteiger partial charge in [0.25, 0.3) is 0 Å². The zero-order valence-electron chi connectivity index (χ0n) is 31.9. The van der Waals surface area contributed by atoms with Gasteiger partial charge in [-0.15, -0.1) is 0 Å². The normalized spacial score (nSPS) is 25.6. The third kappa shape index (κ3) is 5.81. The van der Waals surface area contributed by atoms with Crippen LogP contribution in [-0.4, -0.2) is 83.4 Å². The highest BCUT2D eigenvalue weighted by Crippen LogP contribution is 2.47. The summed E-state index contributed by atoms with van der Waals surface area (Å²) in [7, 11) is 1.70. The molecule has 1 saturated carbocycles. The van der Waals surface area contributed by atoms with Crippen LogP contribution in [0.4, 0.5) is 24.7 Å². The van der Waals surface area contributed by atoms with Crippen molar-refractivity contribution in [2.45, 2.75) is 102 Å². The molecule has 4 aromatic rings. The predicted molar refractivity (Wildman–Crippen MR) is 213 cm³/mol. The lowest BCUT2D eigenvalue weighted by Crippen LogP contribution is -2.55. The van der Waals surface area contributed by atoms with Crippen LogP contribution in [0.2, 0.25) is 0 Å². The molecule has 0 spiro atoms. The Balaban J connectivity index is 1.23. The fourth-order valence-corrected chi connectivity index (χ4v) is 10.9. The number of hydrogen-bond donors (Lipinski definition) is 1. The van der Waals surface area contributed by atoms with Gasteiger partial charge in [-0.1, -0.05) is 31.5 Å². The van der Waals surface area contributed by atoms with Gasteiger partial charge in [0, 0.05) is 74.6 Å². The minimum absolute atomic E-state index is 0.130. The molecule has 5 fully saturated rings. The van der Waals surface area contributed by atoms with E-state index in [1.54, 1.807) is 19.3 Å². The lowest BCUT2D eigenvalue weighted by molar-refractivity contribution is 0.114. The van der Waals surface area contributed by atoms with Crippen molar-refractivity contribution < 1.29 is 13.2 Å². The molecule has 4 saturated heterocycles. The molecule has 0 radical (unpaired) electrons. The second-order valence-electron chi connectivity index (χ2n) is 16.9. The summed E-state index contributed by atoms with van der Waals surface area (Å²) in [6, 6.07) is 8.01. The first kappa shape index (κ1) is 35.7. The number of nitrogens with zero attached hydrogens (tertiary/aromatic N) is 6. The maximum Gasteiger partial charge on any atom is 0.159 e. The number of halogens is 3. The Morgan fingerprint density at radius 2 is 1.83 bits per heavy atom. The molecule has 1 aliphatic carbocycles. The number of nitrogens with two attached hydrogens (primary N) is 1. The molecule has 1 aromatic heterocycles. The van der Waals surface area contributed by atoms with E-state index in [0.29, 0.717) is 77.0 Å². The summed E-state index contributed by atoms with van der Waals surface area (Å²) in [5.41, 5.74) is 11.1. The average molecular weight is 736 g/mol. The molecule has 7 nitrogen and oxygen atoms in total. The van der Waals surface area contributed by atoms with Gasteiger partial charge in [0.2, 0.25) is 0 Å². The Hall–Kier alpha value is -4.02. The van der Waals surface area contributed by atoms with E-state index in [-0.39, 0.29) is 28.1 Å². The molecule has 4 aliphatic heterocycles. The van der Waals surface area contributed by atoms with Crippen LogP contribution in [0.25, 0.3) is 32.8 Å². The third-order valence-electron chi connectivity index (χ3n) is 13.7. The minimum Gasteiger partial charge on any atom is -0.398 e. The molecule has 0 amide bonds. The number of aromatic nitrogens is 2. The fourth-order valence-electron chi connectivity index (χ4n) is 10.9. The van der Waals surface area contributed by atoms with Gasteiger partial charge >= 0.3 is 0 Å². The molecule has 3 atom stereocenters. The largest absolute Gasteiger partial charge is 0.398 e. The Kier molecular flexibility index (Phi) is 9.20. The van der Waals surface area contributed by atoms with E-state index in [9.17, 15) is 4.39 Å². The van der Waals surface area contributed by atoms with Crippen molar-refractivity contribution in [3.05, 3.63) is 70.3 Å². The number of piperazine rings is 1. The lowest BCUT2D eigenvalue weighted by atomic mass is 9.84. The molecular formula is C44H52F3N7. The van der Waals surface area contributed by atoms with Gasteiger partial charge in [-0.2, -0.15) is 0 Å². The monoisotopic (exact) mass is 735 g/mol. The maximum atomic E-state index is 17.8. The topological polar surface area (TPSA) is 73.9 Å². The number of nitrogen functional groups attached to an aromatic ring is 1. The van der Waals surface area contributed by atoms with E-state index >= 15 is 8.78 Å². The Labute approximate surface area is 316 Å². The van der Waals surface area contributed by atoms with E-state index in [1.807, 2.05) is 26.0 Å². The van der Waals surface area contributed by atoms with Crippen LogP contribution < -0.4 is 10.6 Å². The number of fused-ring (bicyclic) bond motifs is 5. The first-order valence-electron chi connectivity index (χ1n) is 20.2. The van der Waals surface area contributed by atoms with Crippen molar-refractivity contribution in [1.29, 1.82) is 0 Å². The fraction of sp³-hybridized carbons (Fsp3) is 0.523. The molecule has 3 unspecified atom stereocenters. The molecule has 54 heavy (non-hydrogen) atoms. The Bertz CT molecular complexity index is 2180. The molecule has 3 aromatic carbocycles. The van der Waals surface area contributed by atoms with E-state index in [1.165, 1.54) is 25.3 Å². The first-order chi connectivity index (χ1) is 26.2. The highest BCUT2D eigenvalue weighted by Gasteiger charge is 2.46. The number of anilines is 2. The van der Waals surface area contributed by atoms with Crippen molar-refractivity contribution in [3.8, 4) is 11.1 Å². The number of benzene rings is 3. The average Bonchev–Trinajstić information content (AvgIpc) is 3.77. The van der Waals surface area contributed by atoms with Crippen LogP contribution >= 0.6 is 0 Å². The maximum absolute atomic E-state index is 17.8. The lowest BCUT2D eigenvalue weighted by Gasteiger charge is -2.44. The van der Waals surface area contributed by atoms with E-state index in [2.05, 4.69) is 19.7 Å². The smallest absolute Gasteiger partial charge is 0.159 e. The molecule has 10 heteroatoms. The van der Waals surface area contributed by atoms with Gasteiger partial charge in [-0.3, -0.25) is 14.8 Å². The zero-order valence-corrected chi connectivity index (χ0v) is 31.9. The standard InChI is InChI=1S/C44H52F3N7/c1-4-32-35(46)12-9-29-17-26(2)18-33(37(29)32)38-40(47)42-39(34(21-49-3)41(38)48)43(52-24-30-10-11-31(25-52)54(30)23-27-7-5-8-27)51-36(50-42)13-15-44-14-6-16-53(44)22-28(19-44)20-45/h9,12,17-18,20-21,27,30-31H,4-8,10-11,13-16,19,22-25,48H2,1-3H3/b28-20-,49-21?. The number of rotatable bonds is 9. The van der Waals surface area contributed by atoms with Crippen LogP contribution in [0.5, 0.6) is 0 Å². The van der Waals surface area contributed by atoms with Crippen LogP contribution in [0.3, 0.4) is 0 Å². The first-order valence-corrected chi connectivity index (χ1v) is 20.2. The highest BCUT2D eigenvalue weighted by atomic mass is 19.1. The molecule has 284 valence electrons. The number of aliphatic imine (C=N–C) groups is 1. The SMILES string of the molecule is CCc1c(F)ccc2cc(C)cc(-c3c(N)c(C=NC)c4c(N5CC6CCC(C5)N6CC5CCC5)nc(CCC56CCCN5C/C(=C\F)C6)nc4c3F)c12. The van der Waals surface area contributed by atoms with Crippen LogP contribution in [0.15, 0.2) is 41.2 Å². The molecule has 5 aliphatic rings. The van der Waals surface area contributed by atoms with E-state index < -0.39 is 5.82 Å². The summed E-state index contributed by atoms with van der Waals surface area (Å²) in [4.78, 5) is 22.4. The number of hydrogen-bond acceptors (Lipinski definition) is 7. The second kappa shape index (κ2) is 13.9. The van der Waals surface area contributed by atoms with Gasteiger partial charge in [0.05, 0.1) is 17.4 Å². The molecule has 5 heterocycles. The molecular weight excluding hydrogens is 684 g/mol. The van der Waals surface area contributed by atoms with Gasteiger partial charge in [-0.05, 0) is 116 Å². The summed E-state index contributed by atoms with van der Waals surface area (Å²) in [6.45, 7) is 8.29. The Morgan fingerprint density at radius 3 is 2.54 bits per heavy atom. The summed E-state index contributed by atoms with van der Waals surface area (Å²) in [5.74, 6) is 1.26. The van der Waals surface area contributed by atoms with Crippen LogP contribution in [-0.2, 0) is 12.8 Å². The highest BCUT2D eigenvalue weighted by molar-refractivity contribution is 6.14.